The lowest BCUT2D eigenvalue weighted by atomic mass is 10.1. The second-order valence-electron chi connectivity index (χ2n) is 11.0. The van der Waals surface area contributed by atoms with Gasteiger partial charge in [-0.3, -0.25) is 0 Å². The van der Waals surface area contributed by atoms with E-state index in [4.69, 9.17) is 13.6 Å². The van der Waals surface area contributed by atoms with Gasteiger partial charge in [-0.2, -0.15) is 0 Å². The Morgan fingerprint density at radius 3 is 2.29 bits per heavy atom. The smallest absolute Gasteiger partial charge is 0.410 e. The number of carbonyl (C=O) groups is 1. The topological polar surface area (TPSA) is 55.2 Å². The van der Waals surface area contributed by atoms with Crippen molar-refractivity contribution in [1.29, 1.82) is 0 Å². The van der Waals surface area contributed by atoms with Gasteiger partial charge in [0.05, 0.1) is 18.6 Å². The predicted octanol–water partition coefficient (Wildman–Crippen LogP) is 6.01. The van der Waals surface area contributed by atoms with Crippen LogP contribution >= 0.6 is 0 Å². The third kappa shape index (κ3) is 5.63. The predicted molar refractivity (Wildman–Crippen MR) is 128 cm³/mol. The van der Waals surface area contributed by atoms with Gasteiger partial charge in [0.2, 0.25) is 0 Å². The SMILES string of the molecule is CC(C)(C)OC(=O)N1CCN(c2cc(CO[Si](C)(C)C(C)(C)C)cc3ccoc23)CC1. The van der Waals surface area contributed by atoms with E-state index in [-0.39, 0.29) is 11.1 Å². The fourth-order valence-electron chi connectivity index (χ4n) is 3.38. The molecule has 2 heterocycles. The Labute approximate surface area is 187 Å². The average molecular weight is 447 g/mol. The number of carbonyl (C=O) groups excluding carboxylic acids is 1. The molecule has 0 N–H and O–H groups in total. The molecule has 0 radical (unpaired) electrons. The Bertz CT molecular complexity index is 916. The van der Waals surface area contributed by atoms with Crippen LogP contribution in [0.1, 0.15) is 47.1 Å². The zero-order valence-corrected chi connectivity index (χ0v) is 21.4. The molecule has 1 aromatic carbocycles. The molecule has 1 aliphatic rings. The van der Waals surface area contributed by atoms with Crippen molar-refractivity contribution in [1.82, 2.24) is 4.90 Å². The van der Waals surface area contributed by atoms with Crippen LogP contribution in [-0.4, -0.2) is 51.1 Å². The number of piperazine rings is 1. The van der Waals surface area contributed by atoms with Crippen LogP contribution in [0.25, 0.3) is 11.0 Å². The molecule has 1 fully saturated rings. The molecular formula is C24H38N2O4Si. The van der Waals surface area contributed by atoms with E-state index in [1.807, 2.05) is 26.8 Å². The van der Waals surface area contributed by atoms with Crippen LogP contribution in [0.2, 0.25) is 18.1 Å². The van der Waals surface area contributed by atoms with E-state index >= 15 is 0 Å². The molecule has 172 valence electrons. The zero-order valence-electron chi connectivity index (χ0n) is 20.4. The molecule has 0 aliphatic carbocycles. The number of fused-ring (bicyclic) bond motifs is 1. The number of hydrogen-bond donors (Lipinski definition) is 0. The summed E-state index contributed by atoms with van der Waals surface area (Å²) in [5.74, 6) is 0. The average Bonchev–Trinajstić information content (AvgIpc) is 3.12. The van der Waals surface area contributed by atoms with E-state index in [0.29, 0.717) is 19.7 Å². The van der Waals surface area contributed by atoms with Crippen LogP contribution in [0.5, 0.6) is 0 Å². The summed E-state index contributed by atoms with van der Waals surface area (Å²) in [6.45, 7) is 20.3. The van der Waals surface area contributed by atoms with Gasteiger partial charge in [-0.05, 0) is 62.7 Å². The van der Waals surface area contributed by atoms with E-state index < -0.39 is 13.9 Å². The standard InChI is InChI=1S/C24H38N2O4Si/c1-23(2,3)30-22(27)26-12-10-25(11-13-26)20-16-18(15-19-9-14-28-21(19)20)17-29-31(7,8)24(4,5)6/h9,14-16H,10-13,17H2,1-8H3. The monoisotopic (exact) mass is 446 g/mol. The van der Waals surface area contributed by atoms with Gasteiger partial charge in [0.15, 0.2) is 13.9 Å². The summed E-state index contributed by atoms with van der Waals surface area (Å²) in [5.41, 5.74) is 2.64. The number of ether oxygens (including phenoxy) is 1. The lowest BCUT2D eigenvalue weighted by Crippen LogP contribution is -2.50. The number of benzene rings is 1. The summed E-state index contributed by atoms with van der Waals surface area (Å²) < 4.78 is 17.8. The van der Waals surface area contributed by atoms with Crippen LogP contribution < -0.4 is 4.90 Å². The minimum absolute atomic E-state index is 0.174. The maximum Gasteiger partial charge on any atom is 0.410 e. The first-order valence-corrected chi connectivity index (χ1v) is 14.0. The molecule has 1 amide bonds. The number of nitrogens with zero attached hydrogens (tertiary/aromatic N) is 2. The summed E-state index contributed by atoms with van der Waals surface area (Å²) >= 11 is 0. The van der Waals surface area contributed by atoms with Crippen molar-refractivity contribution in [2.45, 2.75) is 71.9 Å². The largest absolute Gasteiger partial charge is 0.462 e. The summed E-state index contributed by atoms with van der Waals surface area (Å²) in [6.07, 6.45) is 1.50. The molecule has 0 spiro atoms. The Kier molecular flexibility index (Phi) is 6.49. The molecule has 0 saturated carbocycles. The highest BCUT2D eigenvalue weighted by Crippen LogP contribution is 2.38. The minimum Gasteiger partial charge on any atom is -0.462 e. The molecule has 6 nitrogen and oxygen atoms in total. The number of furan rings is 1. The third-order valence-electron chi connectivity index (χ3n) is 6.27. The van der Waals surface area contributed by atoms with E-state index in [9.17, 15) is 4.79 Å². The van der Waals surface area contributed by atoms with Gasteiger partial charge in [-0.15, -0.1) is 0 Å². The molecule has 1 saturated heterocycles. The lowest BCUT2D eigenvalue weighted by Gasteiger charge is -2.37. The Balaban J connectivity index is 1.74. The maximum absolute atomic E-state index is 12.4. The molecule has 1 aromatic heterocycles. The van der Waals surface area contributed by atoms with Gasteiger partial charge in [-0.25, -0.2) is 4.79 Å². The quantitative estimate of drug-likeness (QED) is 0.538. The van der Waals surface area contributed by atoms with Crippen LogP contribution in [0, 0.1) is 0 Å². The zero-order chi connectivity index (χ0) is 23.0. The number of amides is 1. The summed E-state index contributed by atoms with van der Waals surface area (Å²) in [6, 6.07) is 6.35. The molecule has 3 rings (SSSR count). The van der Waals surface area contributed by atoms with Crippen molar-refractivity contribution >= 4 is 31.1 Å². The van der Waals surface area contributed by atoms with Gasteiger partial charge in [0, 0.05) is 31.6 Å². The van der Waals surface area contributed by atoms with Crippen LogP contribution in [0.15, 0.2) is 28.9 Å². The normalized spacial score (nSPS) is 16.1. The van der Waals surface area contributed by atoms with Crippen molar-refractivity contribution in [3.05, 3.63) is 30.0 Å². The first kappa shape index (κ1) is 23.7. The van der Waals surface area contributed by atoms with Gasteiger partial charge < -0.3 is 23.4 Å². The van der Waals surface area contributed by atoms with Crippen LogP contribution in [0.4, 0.5) is 10.5 Å². The van der Waals surface area contributed by atoms with Gasteiger partial charge in [0.25, 0.3) is 0 Å². The van der Waals surface area contributed by atoms with Gasteiger partial charge in [-0.1, -0.05) is 20.8 Å². The minimum atomic E-state index is -1.83. The highest BCUT2D eigenvalue weighted by atomic mass is 28.4. The number of hydrogen-bond acceptors (Lipinski definition) is 5. The van der Waals surface area contributed by atoms with Crippen molar-refractivity contribution in [2.24, 2.45) is 0 Å². The lowest BCUT2D eigenvalue weighted by molar-refractivity contribution is 0.0240. The van der Waals surface area contributed by atoms with Crippen molar-refractivity contribution in [3.63, 3.8) is 0 Å². The number of rotatable bonds is 4. The molecule has 0 unspecified atom stereocenters. The van der Waals surface area contributed by atoms with E-state index in [2.05, 4.69) is 50.9 Å². The second kappa shape index (κ2) is 8.51. The maximum atomic E-state index is 12.4. The highest BCUT2D eigenvalue weighted by molar-refractivity contribution is 6.74. The first-order valence-electron chi connectivity index (χ1n) is 11.1. The Hall–Kier alpha value is -1.99. The van der Waals surface area contributed by atoms with Crippen molar-refractivity contribution < 1.29 is 18.4 Å². The van der Waals surface area contributed by atoms with E-state index in [1.54, 1.807) is 11.2 Å². The molecule has 31 heavy (non-hydrogen) atoms. The van der Waals surface area contributed by atoms with Gasteiger partial charge in [0.1, 0.15) is 5.60 Å². The Morgan fingerprint density at radius 1 is 1.06 bits per heavy atom. The molecule has 0 bridgehead atoms. The van der Waals surface area contributed by atoms with E-state index in [0.717, 1.165) is 35.3 Å². The van der Waals surface area contributed by atoms with Crippen molar-refractivity contribution in [3.8, 4) is 0 Å². The summed E-state index contributed by atoms with van der Waals surface area (Å²) in [7, 11) is -1.83. The fraction of sp³-hybridized carbons (Fsp3) is 0.625. The second-order valence-corrected chi connectivity index (χ2v) is 15.8. The van der Waals surface area contributed by atoms with E-state index in [1.165, 1.54) is 0 Å². The fourth-order valence-corrected chi connectivity index (χ4v) is 4.34. The summed E-state index contributed by atoms with van der Waals surface area (Å²) in [5, 5.41) is 1.26. The first-order chi connectivity index (χ1) is 14.3. The number of anilines is 1. The molecule has 7 heteroatoms. The Morgan fingerprint density at radius 2 is 1.71 bits per heavy atom. The third-order valence-corrected chi connectivity index (χ3v) is 10.7. The van der Waals surface area contributed by atoms with Crippen LogP contribution in [-0.2, 0) is 15.8 Å². The van der Waals surface area contributed by atoms with Gasteiger partial charge >= 0.3 is 6.09 Å². The van der Waals surface area contributed by atoms with Crippen LogP contribution in [0.3, 0.4) is 0 Å². The summed E-state index contributed by atoms with van der Waals surface area (Å²) in [4.78, 5) is 16.5. The van der Waals surface area contributed by atoms with Crippen molar-refractivity contribution in [2.75, 3.05) is 31.1 Å². The molecule has 1 aliphatic heterocycles. The highest BCUT2D eigenvalue weighted by Gasteiger charge is 2.37. The molecule has 0 atom stereocenters. The molecule has 2 aromatic rings. The molecular weight excluding hydrogens is 408 g/mol.